The average molecular weight is 358 g/mol. The highest BCUT2D eigenvalue weighted by atomic mass is 16.1. The van der Waals surface area contributed by atoms with Gasteiger partial charge in [-0.05, 0) is 38.7 Å². The van der Waals surface area contributed by atoms with E-state index in [-0.39, 0.29) is 11.7 Å². The van der Waals surface area contributed by atoms with Crippen molar-refractivity contribution in [3.8, 4) is 0 Å². The second kappa shape index (κ2) is 9.01. The third-order valence-electron chi connectivity index (χ3n) is 5.32. The number of rotatable bonds is 5. The van der Waals surface area contributed by atoms with Crippen LogP contribution in [0.15, 0.2) is 17.3 Å². The first kappa shape index (κ1) is 18.7. The molecule has 0 radical (unpaired) electrons. The SMILES string of the molecule is CC(N)=NC(=O)c1cc(NC2CCCCC2)cnc1NC1CCCCC1. The first-order valence-corrected chi connectivity index (χ1v) is 10.00. The number of carbonyl (C=O) groups is 1. The van der Waals surface area contributed by atoms with Crippen LogP contribution in [0, 0.1) is 0 Å². The van der Waals surface area contributed by atoms with E-state index in [1.165, 1.54) is 51.4 Å². The van der Waals surface area contributed by atoms with Crippen LogP contribution in [0.4, 0.5) is 11.5 Å². The van der Waals surface area contributed by atoms with E-state index in [9.17, 15) is 4.79 Å². The first-order valence-electron chi connectivity index (χ1n) is 10.00. The molecule has 1 heterocycles. The maximum absolute atomic E-state index is 12.6. The molecule has 0 aliphatic heterocycles. The number of hydrogen-bond donors (Lipinski definition) is 3. The van der Waals surface area contributed by atoms with Crippen molar-refractivity contribution >= 4 is 23.2 Å². The number of hydrogen-bond acceptors (Lipinski definition) is 4. The number of aliphatic imine (C=N–C) groups is 1. The van der Waals surface area contributed by atoms with Crippen LogP contribution in [-0.2, 0) is 0 Å². The molecule has 2 aliphatic rings. The molecule has 1 amide bonds. The van der Waals surface area contributed by atoms with Crippen molar-refractivity contribution in [3.63, 3.8) is 0 Å². The highest BCUT2D eigenvalue weighted by Crippen LogP contribution is 2.26. The molecule has 0 bridgehead atoms. The molecular weight excluding hydrogens is 326 g/mol. The summed E-state index contributed by atoms with van der Waals surface area (Å²) in [6, 6.07) is 2.72. The average Bonchev–Trinajstić information content (AvgIpc) is 2.64. The van der Waals surface area contributed by atoms with Crippen LogP contribution in [0.3, 0.4) is 0 Å². The van der Waals surface area contributed by atoms with Gasteiger partial charge in [0.1, 0.15) is 11.7 Å². The Morgan fingerprint density at radius 1 is 1.04 bits per heavy atom. The molecule has 1 aromatic rings. The minimum absolute atomic E-state index is 0.268. The van der Waals surface area contributed by atoms with Crippen molar-refractivity contribution in [1.29, 1.82) is 0 Å². The quantitative estimate of drug-likeness (QED) is 0.545. The van der Waals surface area contributed by atoms with E-state index in [1.54, 1.807) is 6.92 Å². The summed E-state index contributed by atoms with van der Waals surface area (Å²) in [5.74, 6) is 0.563. The summed E-state index contributed by atoms with van der Waals surface area (Å²) in [6.07, 6.45) is 14.0. The summed E-state index contributed by atoms with van der Waals surface area (Å²) >= 11 is 0. The number of nitrogens with zero attached hydrogens (tertiary/aromatic N) is 2. The molecule has 6 nitrogen and oxygen atoms in total. The van der Waals surface area contributed by atoms with Gasteiger partial charge >= 0.3 is 0 Å². The van der Waals surface area contributed by atoms with E-state index in [4.69, 9.17) is 5.73 Å². The molecule has 2 aliphatic carbocycles. The van der Waals surface area contributed by atoms with Crippen LogP contribution in [0.2, 0.25) is 0 Å². The normalized spacial score (nSPS) is 20.0. The van der Waals surface area contributed by atoms with E-state index in [0.29, 0.717) is 23.5 Å². The van der Waals surface area contributed by atoms with Gasteiger partial charge in [-0.3, -0.25) is 4.79 Å². The van der Waals surface area contributed by atoms with Crippen molar-refractivity contribution < 1.29 is 4.79 Å². The summed E-state index contributed by atoms with van der Waals surface area (Å²) in [4.78, 5) is 21.1. The van der Waals surface area contributed by atoms with Gasteiger partial charge in [-0.2, -0.15) is 4.99 Å². The van der Waals surface area contributed by atoms with Crippen LogP contribution in [-0.4, -0.2) is 28.8 Å². The number of amides is 1. The molecule has 0 unspecified atom stereocenters. The maximum atomic E-state index is 12.6. The molecule has 0 saturated heterocycles. The number of nitrogens with one attached hydrogen (secondary N) is 2. The fourth-order valence-electron chi connectivity index (χ4n) is 3.97. The lowest BCUT2D eigenvalue weighted by atomic mass is 9.95. The van der Waals surface area contributed by atoms with Crippen molar-refractivity contribution in [2.45, 2.75) is 83.2 Å². The van der Waals surface area contributed by atoms with E-state index >= 15 is 0 Å². The van der Waals surface area contributed by atoms with Gasteiger partial charge in [-0.1, -0.05) is 38.5 Å². The molecular formula is C20H31N5O. The topological polar surface area (TPSA) is 92.4 Å². The Kier molecular flexibility index (Phi) is 6.47. The Hall–Kier alpha value is -2.11. The molecule has 2 saturated carbocycles. The van der Waals surface area contributed by atoms with Gasteiger partial charge in [0.15, 0.2) is 0 Å². The molecule has 26 heavy (non-hydrogen) atoms. The van der Waals surface area contributed by atoms with Crippen LogP contribution >= 0.6 is 0 Å². The van der Waals surface area contributed by atoms with Crippen molar-refractivity contribution in [2.24, 2.45) is 10.7 Å². The number of aromatic nitrogens is 1. The molecule has 3 rings (SSSR count). The Labute approximate surface area is 156 Å². The molecule has 0 atom stereocenters. The Morgan fingerprint density at radius 3 is 2.19 bits per heavy atom. The Bertz CT molecular complexity index is 642. The third kappa shape index (κ3) is 5.19. The summed E-state index contributed by atoms with van der Waals surface area (Å²) in [6.45, 7) is 1.63. The highest BCUT2D eigenvalue weighted by molar-refractivity contribution is 6.05. The summed E-state index contributed by atoms with van der Waals surface area (Å²) in [7, 11) is 0. The monoisotopic (exact) mass is 357 g/mol. The summed E-state index contributed by atoms with van der Waals surface area (Å²) in [5, 5.41) is 7.00. The Morgan fingerprint density at radius 2 is 1.62 bits per heavy atom. The van der Waals surface area contributed by atoms with Crippen LogP contribution < -0.4 is 16.4 Å². The standard InChI is InChI=1S/C20H31N5O/c1-14(21)23-20(26)18-12-17(24-15-8-4-2-5-9-15)13-22-19(18)25-16-10-6-3-7-11-16/h12-13,15-16,24H,2-11H2,1H3,(H,22,25)(H2,21,23,26). The lowest BCUT2D eigenvalue weighted by Gasteiger charge is -2.26. The molecule has 4 N–H and O–H groups in total. The second-order valence-electron chi connectivity index (χ2n) is 7.64. The lowest BCUT2D eigenvalue weighted by molar-refractivity contribution is 0.100. The fraction of sp³-hybridized carbons (Fsp3) is 0.650. The highest BCUT2D eigenvalue weighted by Gasteiger charge is 2.20. The van der Waals surface area contributed by atoms with Gasteiger partial charge in [0.2, 0.25) is 0 Å². The van der Waals surface area contributed by atoms with Gasteiger partial charge in [0, 0.05) is 12.1 Å². The van der Waals surface area contributed by atoms with Gasteiger partial charge in [0.25, 0.3) is 5.91 Å². The zero-order chi connectivity index (χ0) is 18.4. The number of pyridine rings is 1. The van der Waals surface area contributed by atoms with Crippen LogP contribution in [0.5, 0.6) is 0 Å². The molecule has 1 aromatic heterocycles. The van der Waals surface area contributed by atoms with Crippen molar-refractivity contribution in [3.05, 3.63) is 17.8 Å². The second-order valence-corrected chi connectivity index (χ2v) is 7.64. The number of carbonyl (C=O) groups excluding carboxylic acids is 1. The van der Waals surface area contributed by atoms with E-state index in [2.05, 4.69) is 20.6 Å². The predicted octanol–water partition coefficient (Wildman–Crippen LogP) is 4.09. The van der Waals surface area contributed by atoms with Crippen LogP contribution in [0.25, 0.3) is 0 Å². The van der Waals surface area contributed by atoms with E-state index < -0.39 is 0 Å². The molecule has 6 heteroatoms. The maximum Gasteiger partial charge on any atom is 0.282 e. The van der Waals surface area contributed by atoms with E-state index in [1.807, 2.05) is 12.3 Å². The summed E-state index contributed by atoms with van der Waals surface area (Å²) in [5.41, 5.74) is 7.01. The molecule has 2 fully saturated rings. The largest absolute Gasteiger partial charge is 0.387 e. The van der Waals surface area contributed by atoms with Gasteiger partial charge < -0.3 is 16.4 Å². The van der Waals surface area contributed by atoms with E-state index in [0.717, 1.165) is 18.5 Å². The van der Waals surface area contributed by atoms with Gasteiger partial charge in [0.05, 0.1) is 17.4 Å². The predicted molar refractivity (Wildman–Crippen MR) is 107 cm³/mol. The fourth-order valence-corrected chi connectivity index (χ4v) is 3.97. The van der Waals surface area contributed by atoms with Crippen LogP contribution in [0.1, 0.15) is 81.5 Å². The van der Waals surface area contributed by atoms with Gasteiger partial charge in [-0.15, -0.1) is 0 Å². The van der Waals surface area contributed by atoms with Crippen molar-refractivity contribution in [1.82, 2.24) is 4.98 Å². The molecule has 0 aromatic carbocycles. The molecule has 0 spiro atoms. The minimum Gasteiger partial charge on any atom is -0.387 e. The van der Waals surface area contributed by atoms with Gasteiger partial charge in [-0.25, -0.2) is 4.98 Å². The zero-order valence-electron chi connectivity index (χ0n) is 15.8. The van der Waals surface area contributed by atoms with Crippen molar-refractivity contribution in [2.75, 3.05) is 10.6 Å². The third-order valence-corrected chi connectivity index (χ3v) is 5.32. The summed E-state index contributed by atoms with van der Waals surface area (Å²) < 4.78 is 0. The Balaban J connectivity index is 1.79. The lowest BCUT2D eigenvalue weighted by Crippen LogP contribution is -2.25. The first-order chi connectivity index (χ1) is 12.6. The zero-order valence-corrected chi connectivity index (χ0v) is 15.8. The smallest absolute Gasteiger partial charge is 0.282 e. The number of amidine groups is 1. The number of nitrogens with two attached hydrogens (primary N) is 1. The molecule has 142 valence electrons. The number of anilines is 2. The minimum atomic E-state index is -0.330.